The Bertz CT molecular complexity index is 918. The van der Waals surface area contributed by atoms with Crippen molar-refractivity contribution in [1.29, 1.82) is 5.26 Å². The van der Waals surface area contributed by atoms with Crippen molar-refractivity contribution in [2.45, 2.75) is 6.10 Å². The fraction of sp³-hybridized carbons (Fsp3) is 0.167. The molecule has 1 amide bonds. The van der Waals surface area contributed by atoms with E-state index >= 15 is 0 Å². The molecule has 3 heterocycles. The number of fused-ring (bicyclic) bond motifs is 1. The number of aromatic amines is 1. The molecular formula is C18H14N4O2. The topological polar surface area (TPSA) is 82.0 Å². The first kappa shape index (κ1) is 14.3. The second-order valence-corrected chi connectivity index (χ2v) is 5.71. The van der Waals surface area contributed by atoms with Crippen LogP contribution in [0.1, 0.15) is 16.2 Å². The number of carbonyl (C=O) groups excluding carboxylic acids is 1. The molecule has 118 valence electrons. The lowest BCUT2D eigenvalue weighted by atomic mass is 10.1. The van der Waals surface area contributed by atoms with Crippen LogP contribution in [0, 0.1) is 11.3 Å². The summed E-state index contributed by atoms with van der Waals surface area (Å²) in [6.45, 7) is 1.05. The van der Waals surface area contributed by atoms with Crippen LogP contribution in [-0.4, -0.2) is 40.0 Å². The maximum atomic E-state index is 12.5. The molecule has 24 heavy (non-hydrogen) atoms. The summed E-state index contributed by atoms with van der Waals surface area (Å²) in [5.74, 6) is 0.572. The SMILES string of the molecule is N#Cc1cc(OC2CN(C(=O)c3cc4ccccc4[nH]3)C2)ccn1. The monoisotopic (exact) mass is 318 g/mol. The van der Waals surface area contributed by atoms with Crippen LogP contribution in [0.2, 0.25) is 0 Å². The van der Waals surface area contributed by atoms with E-state index < -0.39 is 0 Å². The van der Waals surface area contributed by atoms with E-state index in [-0.39, 0.29) is 12.0 Å². The molecule has 1 N–H and O–H groups in total. The first-order valence-corrected chi connectivity index (χ1v) is 7.63. The number of nitrogens with one attached hydrogen (secondary N) is 1. The van der Waals surface area contributed by atoms with Crippen LogP contribution in [0.5, 0.6) is 5.75 Å². The number of hydrogen-bond donors (Lipinski definition) is 1. The van der Waals surface area contributed by atoms with E-state index in [1.807, 2.05) is 36.4 Å². The van der Waals surface area contributed by atoms with Crippen molar-refractivity contribution in [1.82, 2.24) is 14.9 Å². The normalized spacial score (nSPS) is 14.2. The molecule has 4 rings (SSSR count). The molecule has 1 aliphatic heterocycles. The Kier molecular flexibility index (Phi) is 3.39. The van der Waals surface area contributed by atoms with Crippen LogP contribution in [-0.2, 0) is 0 Å². The second-order valence-electron chi connectivity index (χ2n) is 5.71. The number of rotatable bonds is 3. The molecule has 3 aromatic rings. The molecule has 6 heteroatoms. The molecule has 2 aromatic heterocycles. The van der Waals surface area contributed by atoms with Gasteiger partial charge in [0.1, 0.15) is 29.3 Å². The Morgan fingerprint density at radius 3 is 2.92 bits per heavy atom. The first-order valence-electron chi connectivity index (χ1n) is 7.63. The number of nitrogens with zero attached hydrogens (tertiary/aromatic N) is 3. The van der Waals surface area contributed by atoms with Gasteiger partial charge in [-0.1, -0.05) is 18.2 Å². The highest BCUT2D eigenvalue weighted by atomic mass is 16.5. The molecule has 0 spiro atoms. The molecule has 0 radical (unpaired) electrons. The lowest BCUT2D eigenvalue weighted by molar-refractivity contribution is 0.0174. The lowest BCUT2D eigenvalue weighted by Crippen LogP contribution is -2.56. The summed E-state index contributed by atoms with van der Waals surface area (Å²) < 4.78 is 5.77. The molecule has 1 saturated heterocycles. The molecule has 1 aliphatic rings. The summed E-state index contributed by atoms with van der Waals surface area (Å²) in [5.41, 5.74) is 1.86. The summed E-state index contributed by atoms with van der Waals surface area (Å²) >= 11 is 0. The average Bonchev–Trinajstić information content (AvgIpc) is 3.01. The predicted octanol–water partition coefficient (Wildman–Crippen LogP) is 2.34. The van der Waals surface area contributed by atoms with Crippen molar-refractivity contribution in [2.75, 3.05) is 13.1 Å². The minimum atomic E-state index is -0.0627. The summed E-state index contributed by atoms with van der Waals surface area (Å²) in [4.78, 5) is 21.3. The number of aromatic nitrogens is 2. The van der Waals surface area contributed by atoms with Gasteiger partial charge in [-0.25, -0.2) is 4.98 Å². The highest BCUT2D eigenvalue weighted by molar-refractivity contribution is 5.98. The van der Waals surface area contributed by atoms with Crippen molar-refractivity contribution >= 4 is 16.8 Å². The van der Waals surface area contributed by atoms with Gasteiger partial charge in [-0.3, -0.25) is 4.79 Å². The molecule has 0 unspecified atom stereocenters. The fourth-order valence-electron chi connectivity index (χ4n) is 2.78. The van der Waals surface area contributed by atoms with E-state index in [1.165, 1.54) is 0 Å². The predicted molar refractivity (Wildman–Crippen MR) is 87.6 cm³/mol. The molecule has 0 saturated carbocycles. The van der Waals surface area contributed by atoms with Crippen molar-refractivity contribution in [2.24, 2.45) is 0 Å². The van der Waals surface area contributed by atoms with Gasteiger partial charge in [0, 0.05) is 23.2 Å². The van der Waals surface area contributed by atoms with Gasteiger partial charge in [0.05, 0.1) is 13.1 Å². The van der Waals surface area contributed by atoms with Gasteiger partial charge in [-0.15, -0.1) is 0 Å². The quantitative estimate of drug-likeness (QED) is 0.803. The largest absolute Gasteiger partial charge is 0.487 e. The molecule has 0 atom stereocenters. The van der Waals surface area contributed by atoms with Gasteiger partial charge in [0.15, 0.2) is 0 Å². The highest BCUT2D eigenvalue weighted by Gasteiger charge is 2.33. The minimum absolute atomic E-state index is 0.0292. The Morgan fingerprint density at radius 2 is 2.12 bits per heavy atom. The van der Waals surface area contributed by atoms with Crippen LogP contribution in [0.3, 0.4) is 0 Å². The third-order valence-corrected chi connectivity index (χ3v) is 4.04. The van der Waals surface area contributed by atoms with Gasteiger partial charge in [-0.2, -0.15) is 5.26 Å². The second kappa shape index (κ2) is 5.70. The van der Waals surface area contributed by atoms with Crippen molar-refractivity contribution < 1.29 is 9.53 Å². The third kappa shape index (κ3) is 2.57. The van der Waals surface area contributed by atoms with Crippen molar-refractivity contribution in [3.8, 4) is 11.8 Å². The Balaban J connectivity index is 1.40. The van der Waals surface area contributed by atoms with Gasteiger partial charge in [-0.05, 0) is 18.2 Å². The van der Waals surface area contributed by atoms with Gasteiger partial charge >= 0.3 is 0 Å². The van der Waals surface area contributed by atoms with Gasteiger partial charge in [0.25, 0.3) is 5.91 Å². The number of ether oxygens (including phenoxy) is 1. The smallest absolute Gasteiger partial charge is 0.270 e. The number of likely N-dealkylation sites (tertiary alicyclic amines) is 1. The Hall–Kier alpha value is -3.33. The zero-order valence-corrected chi connectivity index (χ0v) is 12.8. The number of para-hydroxylation sites is 1. The van der Waals surface area contributed by atoms with Crippen LogP contribution < -0.4 is 4.74 Å². The van der Waals surface area contributed by atoms with Crippen LogP contribution >= 0.6 is 0 Å². The number of benzene rings is 1. The zero-order valence-electron chi connectivity index (χ0n) is 12.8. The Labute approximate surface area is 138 Å². The summed E-state index contributed by atoms with van der Waals surface area (Å²) in [6.07, 6.45) is 1.48. The van der Waals surface area contributed by atoms with Crippen LogP contribution in [0.25, 0.3) is 10.9 Å². The maximum absolute atomic E-state index is 12.5. The van der Waals surface area contributed by atoms with E-state index in [2.05, 4.69) is 9.97 Å². The van der Waals surface area contributed by atoms with Gasteiger partial charge < -0.3 is 14.6 Å². The Morgan fingerprint density at radius 1 is 1.29 bits per heavy atom. The summed E-state index contributed by atoms with van der Waals surface area (Å²) in [6, 6.07) is 15.0. The summed E-state index contributed by atoms with van der Waals surface area (Å²) in [5, 5.41) is 9.87. The lowest BCUT2D eigenvalue weighted by Gasteiger charge is -2.38. The van der Waals surface area contributed by atoms with Crippen molar-refractivity contribution in [3.63, 3.8) is 0 Å². The van der Waals surface area contributed by atoms with E-state index in [0.29, 0.717) is 30.2 Å². The van der Waals surface area contributed by atoms with Crippen molar-refractivity contribution in [3.05, 3.63) is 60.0 Å². The zero-order chi connectivity index (χ0) is 16.5. The van der Waals surface area contributed by atoms with Gasteiger partial charge in [0.2, 0.25) is 0 Å². The average molecular weight is 318 g/mol. The van der Waals surface area contributed by atoms with Crippen LogP contribution in [0.4, 0.5) is 0 Å². The third-order valence-electron chi connectivity index (χ3n) is 4.04. The number of hydrogen-bond acceptors (Lipinski definition) is 4. The van der Waals surface area contributed by atoms with E-state index in [4.69, 9.17) is 10.00 Å². The summed E-state index contributed by atoms with van der Waals surface area (Å²) in [7, 11) is 0. The molecule has 6 nitrogen and oxygen atoms in total. The molecule has 0 bridgehead atoms. The standard InChI is InChI=1S/C18H14N4O2/c19-9-13-8-14(5-6-20-13)24-15-10-22(11-15)18(23)17-7-12-3-1-2-4-16(12)21-17/h1-8,15,21H,10-11H2. The molecule has 1 fully saturated rings. The number of amides is 1. The number of carbonyl (C=O) groups is 1. The first-order chi connectivity index (χ1) is 11.7. The van der Waals surface area contributed by atoms with E-state index in [9.17, 15) is 4.79 Å². The van der Waals surface area contributed by atoms with E-state index in [0.717, 1.165) is 10.9 Å². The molecule has 1 aromatic carbocycles. The number of H-pyrrole nitrogens is 1. The minimum Gasteiger partial charge on any atom is -0.487 e. The van der Waals surface area contributed by atoms with E-state index in [1.54, 1.807) is 23.2 Å². The number of pyridine rings is 1. The highest BCUT2D eigenvalue weighted by Crippen LogP contribution is 2.22. The molecule has 0 aliphatic carbocycles. The fourth-order valence-corrected chi connectivity index (χ4v) is 2.78. The molecular weight excluding hydrogens is 304 g/mol. The maximum Gasteiger partial charge on any atom is 0.270 e. The van der Waals surface area contributed by atoms with Crippen LogP contribution in [0.15, 0.2) is 48.7 Å². The number of nitriles is 1.